The molecular weight excluding hydrogens is 360 g/mol. The van der Waals surface area contributed by atoms with Gasteiger partial charge >= 0.3 is 0 Å². The van der Waals surface area contributed by atoms with Crippen molar-refractivity contribution < 1.29 is 4.79 Å². The van der Waals surface area contributed by atoms with Crippen molar-refractivity contribution in [1.29, 1.82) is 0 Å². The van der Waals surface area contributed by atoms with E-state index in [0.29, 0.717) is 12.8 Å². The Balaban J connectivity index is 1.53. The second-order valence-electron chi connectivity index (χ2n) is 7.66. The summed E-state index contributed by atoms with van der Waals surface area (Å²) in [5, 5.41) is 8.87. The molecule has 2 aromatic carbocycles. The molecule has 5 heteroatoms. The Bertz CT molecular complexity index is 1210. The van der Waals surface area contributed by atoms with Crippen molar-refractivity contribution in [2.45, 2.75) is 46.6 Å². The van der Waals surface area contributed by atoms with Gasteiger partial charge in [-0.3, -0.25) is 4.79 Å². The number of benzene rings is 2. The molecule has 4 rings (SSSR count). The van der Waals surface area contributed by atoms with E-state index in [2.05, 4.69) is 31.3 Å². The lowest BCUT2D eigenvalue weighted by Crippen LogP contribution is -2.27. The molecule has 2 heterocycles. The van der Waals surface area contributed by atoms with E-state index in [4.69, 9.17) is 10.1 Å². The van der Waals surface area contributed by atoms with E-state index in [1.54, 1.807) is 0 Å². The lowest BCUT2D eigenvalue weighted by atomic mass is 10.0. The van der Waals surface area contributed by atoms with Crippen molar-refractivity contribution in [3.05, 3.63) is 76.6 Å². The van der Waals surface area contributed by atoms with Crippen LogP contribution in [0.4, 0.5) is 0 Å². The minimum atomic E-state index is -0.0112. The van der Waals surface area contributed by atoms with Crippen LogP contribution >= 0.6 is 0 Å². The first-order valence-electron chi connectivity index (χ1n) is 10.0. The first-order chi connectivity index (χ1) is 14.0. The maximum atomic E-state index is 12.6. The number of rotatable bonds is 5. The fraction of sp³-hybridized carbons (Fsp3) is 0.292. The van der Waals surface area contributed by atoms with Gasteiger partial charge in [-0.1, -0.05) is 36.4 Å². The normalized spacial score (nSPS) is 12.4. The molecule has 0 bridgehead atoms. The lowest BCUT2D eigenvalue weighted by Gasteiger charge is -2.17. The van der Waals surface area contributed by atoms with Crippen LogP contribution in [-0.2, 0) is 11.2 Å². The summed E-state index contributed by atoms with van der Waals surface area (Å²) in [4.78, 5) is 17.4. The fourth-order valence-electron chi connectivity index (χ4n) is 4.04. The summed E-state index contributed by atoms with van der Waals surface area (Å²) in [6.07, 6.45) is 1.06. The first-order valence-corrected chi connectivity index (χ1v) is 10.0. The Morgan fingerprint density at radius 3 is 2.59 bits per heavy atom. The molecule has 148 valence electrons. The van der Waals surface area contributed by atoms with Crippen molar-refractivity contribution in [3.63, 3.8) is 0 Å². The van der Waals surface area contributed by atoms with Gasteiger partial charge < -0.3 is 5.32 Å². The summed E-state index contributed by atoms with van der Waals surface area (Å²) in [5.74, 6) is 0.0466. The molecule has 0 aliphatic rings. The molecule has 1 atom stereocenters. The van der Waals surface area contributed by atoms with Crippen LogP contribution in [0.5, 0.6) is 0 Å². The topological polar surface area (TPSA) is 59.3 Å². The van der Waals surface area contributed by atoms with Crippen molar-refractivity contribution >= 4 is 22.5 Å². The predicted molar refractivity (Wildman–Crippen MR) is 116 cm³/mol. The molecule has 0 aliphatic heterocycles. The smallest absolute Gasteiger partial charge is 0.220 e. The number of nitrogens with one attached hydrogen (secondary N) is 1. The Hall–Kier alpha value is -3.21. The van der Waals surface area contributed by atoms with Gasteiger partial charge in [-0.05, 0) is 62.9 Å². The van der Waals surface area contributed by atoms with Crippen LogP contribution in [0.1, 0.15) is 47.5 Å². The van der Waals surface area contributed by atoms with Gasteiger partial charge in [0.1, 0.15) is 0 Å². The third kappa shape index (κ3) is 3.60. The molecule has 0 radical (unpaired) electrons. The van der Waals surface area contributed by atoms with Crippen molar-refractivity contribution in [2.24, 2.45) is 0 Å². The second-order valence-corrected chi connectivity index (χ2v) is 7.66. The van der Waals surface area contributed by atoms with E-state index in [0.717, 1.165) is 39.1 Å². The van der Waals surface area contributed by atoms with Crippen LogP contribution in [-0.4, -0.2) is 20.5 Å². The molecule has 1 amide bonds. The average Bonchev–Trinajstić information content (AvgIpc) is 3.07. The lowest BCUT2D eigenvalue weighted by molar-refractivity contribution is -0.121. The van der Waals surface area contributed by atoms with Gasteiger partial charge in [0, 0.05) is 23.2 Å². The van der Waals surface area contributed by atoms with E-state index in [1.165, 1.54) is 5.56 Å². The van der Waals surface area contributed by atoms with Gasteiger partial charge in [0.15, 0.2) is 5.65 Å². The maximum Gasteiger partial charge on any atom is 0.220 e. The van der Waals surface area contributed by atoms with E-state index in [-0.39, 0.29) is 11.9 Å². The molecule has 1 N–H and O–H groups in total. The molecule has 0 saturated carbocycles. The van der Waals surface area contributed by atoms with Gasteiger partial charge in [0.2, 0.25) is 5.91 Å². The standard InChI is InChI=1S/C24H26N4O/c1-15-9-5-6-10-19(15)16(2)25-23(29)14-13-20-17(3)26-24-21-11-7-8-12-22(21)27-28(24)18(20)4/h5-12,16H,13-14H2,1-4H3,(H,25,29)/t16-/m1/s1. The molecular formula is C24H26N4O. The van der Waals surface area contributed by atoms with Crippen molar-refractivity contribution in [3.8, 4) is 0 Å². The van der Waals surface area contributed by atoms with Gasteiger partial charge in [-0.15, -0.1) is 0 Å². The fourth-order valence-corrected chi connectivity index (χ4v) is 4.04. The zero-order valence-corrected chi connectivity index (χ0v) is 17.4. The number of nitrogens with zero attached hydrogens (tertiary/aromatic N) is 3. The molecule has 0 saturated heterocycles. The average molecular weight is 386 g/mol. The van der Waals surface area contributed by atoms with Crippen LogP contribution < -0.4 is 5.32 Å². The first kappa shape index (κ1) is 19.1. The number of amides is 1. The zero-order valence-electron chi connectivity index (χ0n) is 17.4. The third-order valence-electron chi connectivity index (χ3n) is 5.65. The van der Waals surface area contributed by atoms with Crippen LogP contribution in [0.3, 0.4) is 0 Å². The third-order valence-corrected chi connectivity index (χ3v) is 5.65. The van der Waals surface area contributed by atoms with Crippen LogP contribution in [0.2, 0.25) is 0 Å². The summed E-state index contributed by atoms with van der Waals surface area (Å²) < 4.78 is 1.90. The number of carbonyl (C=O) groups is 1. The van der Waals surface area contributed by atoms with E-state index in [1.807, 2.05) is 54.8 Å². The highest BCUT2D eigenvalue weighted by Gasteiger charge is 2.16. The Kier molecular flexibility index (Phi) is 5.05. The van der Waals surface area contributed by atoms with Crippen LogP contribution in [0.25, 0.3) is 16.6 Å². The maximum absolute atomic E-state index is 12.6. The van der Waals surface area contributed by atoms with Gasteiger partial charge in [0.05, 0.1) is 11.6 Å². The zero-order chi connectivity index (χ0) is 20.5. The van der Waals surface area contributed by atoms with Crippen molar-refractivity contribution in [2.75, 3.05) is 0 Å². The molecule has 0 aliphatic carbocycles. The van der Waals surface area contributed by atoms with Crippen LogP contribution in [0.15, 0.2) is 48.5 Å². The quantitative estimate of drug-likeness (QED) is 0.544. The Labute approximate surface area is 170 Å². The summed E-state index contributed by atoms with van der Waals surface area (Å²) in [6, 6.07) is 16.2. The minimum absolute atomic E-state index is 0.0112. The highest BCUT2D eigenvalue weighted by atomic mass is 16.1. The Morgan fingerprint density at radius 2 is 1.79 bits per heavy atom. The minimum Gasteiger partial charge on any atom is -0.350 e. The van der Waals surface area contributed by atoms with Crippen molar-refractivity contribution in [1.82, 2.24) is 19.9 Å². The van der Waals surface area contributed by atoms with Crippen LogP contribution in [0, 0.1) is 20.8 Å². The number of aryl methyl sites for hydroxylation is 3. The largest absolute Gasteiger partial charge is 0.350 e. The molecule has 0 unspecified atom stereocenters. The van der Waals surface area contributed by atoms with E-state index in [9.17, 15) is 4.79 Å². The number of hydrogen-bond donors (Lipinski definition) is 1. The number of carbonyl (C=O) groups excluding carboxylic acids is 1. The predicted octanol–water partition coefficient (Wildman–Crippen LogP) is 4.62. The summed E-state index contributed by atoms with van der Waals surface area (Å²) in [5.41, 5.74) is 7.24. The molecule has 0 spiro atoms. The van der Waals surface area contributed by atoms with E-state index >= 15 is 0 Å². The van der Waals surface area contributed by atoms with Gasteiger partial charge in [0.25, 0.3) is 0 Å². The molecule has 5 nitrogen and oxygen atoms in total. The highest BCUT2D eigenvalue weighted by Crippen LogP contribution is 2.23. The highest BCUT2D eigenvalue weighted by molar-refractivity contribution is 5.92. The number of aromatic nitrogens is 3. The second kappa shape index (κ2) is 7.66. The Morgan fingerprint density at radius 1 is 1.07 bits per heavy atom. The molecule has 29 heavy (non-hydrogen) atoms. The summed E-state index contributed by atoms with van der Waals surface area (Å²) in [6.45, 7) is 8.16. The summed E-state index contributed by atoms with van der Waals surface area (Å²) >= 11 is 0. The number of hydrogen-bond acceptors (Lipinski definition) is 3. The van der Waals surface area contributed by atoms with Gasteiger partial charge in [-0.2, -0.15) is 5.10 Å². The van der Waals surface area contributed by atoms with E-state index < -0.39 is 0 Å². The molecule has 2 aromatic heterocycles. The molecule has 4 aromatic rings. The molecule has 0 fully saturated rings. The summed E-state index contributed by atoms with van der Waals surface area (Å²) in [7, 11) is 0. The van der Waals surface area contributed by atoms with Gasteiger partial charge in [-0.25, -0.2) is 9.50 Å². The number of fused-ring (bicyclic) bond motifs is 3. The monoisotopic (exact) mass is 386 g/mol. The SMILES string of the molecule is Cc1ccccc1[C@@H](C)NC(=O)CCc1c(C)nc2c3ccccc3nn2c1C.